The van der Waals surface area contributed by atoms with Crippen LogP contribution in [0.15, 0.2) is 52.7 Å². The number of rotatable bonds is 5. The zero-order valence-electron chi connectivity index (χ0n) is 18.9. The van der Waals surface area contributed by atoms with Gasteiger partial charge in [-0.1, -0.05) is 37.2 Å². The van der Waals surface area contributed by atoms with Crippen LogP contribution in [0.3, 0.4) is 0 Å². The molecule has 1 aromatic heterocycles. The molecule has 0 radical (unpaired) electrons. The SMILES string of the molecule is CC1=C(c2nc(-c3ccc(F)cc3)no2)C(c2ccc(C)c(C)c2)NC(=S)N1CC(C)C. The number of benzene rings is 2. The van der Waals surface area contributed by atoms with E-state index < -0.39 is 0 Å². The highest BCUT2D eigenvalue weighted by Crippen LogP contribution is 2.38. The number of thiocarbonyl (C=S) groups is 1. The maximum Gasteiger partial charge on any atom is 0.258 e. The molecule has 7 heteroatoms. The summed E-state index contributed by atoms with van der Waals surface area (Å²) in [5.41, 5.74) is 6.08. The molecule has 166 valence electrons. The molecule has 1 aliphatic heterocycles. The van der Waals surface area contributed by atoms with Crippen LogP contribution < -0.4 is 5.32 Å². The molecule has 2 aromatic carbocycles. The molecule has 1 N–H and O–H groups in total. The number of allylic oxidation sites excluding steroid dienone is 1. The van der Waals surface area contributed by atoms with E-state index in [0.717, 1.165) is 23.4 Å². The zero-order valence-corrected chi connectivity index (χ0v) is 19.8. The molecular weight excluding hydrogens is 423 g/mol. The number of aryl methyl sites for hydroxylation is 2. The first-order valence-electron chi connectivity index (χ1n) is 10.7. The van der Waals surface area contributed by atoms with Gasteiger partial charge in [0.2, 0.25) is 5.82 Å². The molecule has 0 amide bonds. The molecule has 0 fully saturated rings. The Bertz CT molecular complexity index is 1180. The van der Waals surface area contributed by atoms with Crippen molar-refractivity contribution in [2.24, 2.45) is 5.92 Å². The van der Waals surface area contributed by atoms with Gasteiger partial charge >= 0.3 is 0 Å². The lowest BCUT2D eigenvalue weighted by Gasteiger charge is -2.38. The van der Waals surface area contributed by atoms with Gasteiger partial charge in [-0.2, -0.15) is 4.98 Å². The van der Waals surface area contributed by atoms with Crippen LogP contribution in [0, 0.1) is 25.6 Å². The Morgan fingerprint density at radius 1 is 1.09 bits per heavy atom. The van der Waals surface area contributed by atoms with Gasteiger partial charge in [0.05, 0.1) is 11.6 Å². The van der Waals surface area contributed by atoms with Crippen molar-refractivity contribution in [3.8, 4) is 11.4 Å². The molecule has 0 spiro atoms. The lowest BCUT2D eigenvalue weighted by atomic mass is 9.92. The van der Waals surface area contributed by atoms with E-state index in [1.54, 1.807) is 12.1 Å². The Balaban J connectivity index is 1.82. The summed E-state index contributed by atoms with van der Waals surface area (Å²) in [6.45, 7) is 11.3. The minimum Gasteiger partial charge on any atom is -0.351 e. The first-order chi connectivity index (χ1) is 15.2. The van der Waals surface area contributed by atoms with Gasteiger partial charge in [-0.15, -0.1) is 0 Å². The van der Waals surface area contributed by atoms with Crippen molar-refractivity contribution in [2.45, 2.75) is 40.7 Å². The van der Waals surface area contributed by atoms with Gasteiger partial charge in [0.25, 0.3) is 5.89 Å². The van der Waals surface area contributed by atoms with Gasteiger partial charge in [0, 0.05) is 17.8 Å². The highest BCUT2D eigenvalue weighted by molar-refractivity contribution is 7.80. The summed E-state index contributed by atoms with van der Waals surface area (Å²) in [6, 6.07) is 12.2. The third-order valence-corrected chi connectivity index (χ3v) is 6.11. The summed E-state index contributed by atoms with van der Waals surface area (Å²) in [5, 5.41) is 8.34. The van der Waals surface area contributed by atoms with Gasteiger partial charge < -0.3 is 14.7 Å². The second-order valence-electron chi connectivity index (χ2n) is 8.66. The van der Waals surface area contributed by atoms with Crippen LogP contribution in [0.2, 0.25) is 0 Å². The second-order valence-corrected chi connectivity index (χ2v) is 9.05. The largest absolute Gasteiger partial charge is 0.351 e. The maximum atomic E-state index is 13.3. The fraction of sp³-hybridized carbons (Fsp3) is 0.320. The topological polar surface area (TPSA) is 54.2 Å². The third-order valence-electron chi connectivity index (χ3n) is 5.77. The third kappa shape index (κ3) is 4.30. The van der Waals surface area contributed by atoms with Crippen LogP contribution in [0.25, 0.3) is 17.0 Å². The number of hydrogen-bond acceptors (Lipinski definition) is 4. The minimum absolute atomic E-state index is 0.216. The Kier molecular flexibility index (Phi) is 6.11. The minimum atomic E-state index is -0.305. The van der Waals surface area contributed by atoms with E-state index in [9.17, 15) is 4.39 Å². The first kappa shape index (κ1) is 22.1. The van der Waals surface area contributed by atoms with Gasteiger partial charge in [-0.25, -0.2) is 4.39 Å². The molecule has 1 aliphatic rings. The van der Waals surface area contributed by atoms with E-state index in [2.05, 4.69) is 66.3 Å². The predicted octanol–water partition coefficient (Wildman–Crippen LogP) is 5.81. The Morgan fingerprint density at radius 3 is 2.47 bits per heavy atom. The van der Waals surface area contributed by atoms with Crippen molar-refractivity contribution in [2.75, 3.05) is 6.54 Å². The molecule has 1 atom stereocenters. The number of aromatic nitrogens is 2. The number of halogens is 1. The molecule has 2 heterocycles. The molecular formula is C25H27FN4OS. The van der Waals surface area contributed by atoms with Crippen LogP contribution >= 0.6 is 12.2 Å². The number of hydrogen-bond donors (Lipinski definition) is 1. The monoisotopic (exact) mass is 450 g/mol. The molecule has 32 heavy (non-hydrogen) atoms. The Labute approximate surface area is 193 Å². The van der Waals surface area contributed by atoms with Crippen LogP contribution in [0.1, 0.15) is 49.4 Å². The van der Waals surface area contributed by atoms with Crippen LogP contribution in [0.5, 0.6) is 0 Å². The van der Waals surface area contributed by atoms with Crippen molar-refractivity contribution in [1.82, 2.24) is 20.4 Å². The standard InChI is InChI=1S/C25H27FN4OS/c1-14(2)13-30-17(5)21(22(27-25(30)32)19-7-6-15(3)16(4)12-19)24-28-23(29-31-24)18-8-10-20(26)11-9-18/h6-12,14,22H,13H2,1-5H3,(H,27,32). The van der Waals surface area contributed by atoms with Crippen molar-refractivity contribution in [3.05, 3.63) is 76.6 Å². The van der Waals surface area contributed by atoms with Gasteiger partial charge in [-0.05, 0) is 79.9 Å². The molecule has 1 unspecified atom stereocenters. The summed E-state index contributed by atoms with van der Waals surface area (Å²) >= 11 is 5.73. The van der Waals surface area contributed by atoms with Crippen LogP contribution in [-0.2, 0) is 0 Å². The van der Waals surface area contributed by atoms with Crippen LogP contribution in [-0.4, -0.2) is 26.7 Å². The smallest absolute Gasteiger partial charge is 0.258 e. The Morgan fingerprint density at radius 2 is 1.81 bits per heavy atom. The molecule has 3 aromatic rings. The Hall–Kier alpha value is -3.06. The lowest BCUT2D eigenvalue weighted by molar-refractivity contribution is 0.386. The van der Waals surface area contributed by atoms with Crippen LogP contribution in [0.4, 0.5) is 4.39 Å². The van der Waals surface area contributed by atoms with Crippen molar-refractivity contribution in [1.29, 1.82) is 0 Å². The fourth-order valence-electron chi connectivity index (χ4n) is 3.89. The second kappa shape index (κ2) is 8.82. The van der Waals surface area contributed by atoms with E-state index in [1.807, 2.05) is 6.92 Å². The van der Waals surface area contributed by atoms with E-state index in [-0.39, 0.29) is 11.9 Å². The van der Waals surface area contributed by atoms with Crippen molar-refractivity contribution >= 4 is 22.9 Å². The summed E-state index contributed by atoms with van der Waals surface area (Å²) in [6.07, 6.45) is 0. The molecule has 0 bridgehead atoms. The molecule has 0 saturated carbocycles. The molecule has 0 saturated heterocycles. The van der Waals surface area contributed by atoms with E-state index in [0.29, 0.717) is 28.3 Å². The summed E-state index contributed by atoms with van der Waals surface area (Å²) in [4.78, 5) is 6.76. The van der Waals surface area contributed by atoms with E-state index in [4.69, 9.17) is 16.7 Å². The maximum absolute atomic E-state index is 13.3. The average Bonchev–Trinajstić information content (AvgIpc) is 3.22. The lowest BCUT2D eigenvalue weighted by Crippen LogP contribution is -2.47. The van der Waals surface area contributed by atoms with E-state index in [1.165, 1.54) is 23.3 Å². The van der Waals surface area contributed by atoms with Gasteiger partial charge in [-0.3, -0.25) is 0 Å². The molecule has 4 rings (SSSR count). The van der Waals surface area contributed by atoms with Crippen molar-refractivity contribution < 1.29 is 8.91 Å². The summed E-state index contributed by atoms with van der Waals surface area (Å²) in [7, 11) is 0. The molecule has 0 aliphatic carbocycles. The quantitative estimate of drug-likeness (QED) is 0.495. The van der Waals surface area contributed by atoms with E-state index >= 15 is 0 Å². The predicted molar refractivity (Wildman–Crippen MR) is 128 cm³/mol. The number of nitrogens with one attached hydrogen (secondary N) is 1. The number of nitrogens with zero attached hydrogens (tertiary/aromatic N) is 3. The van der Waals surface area contributed by atoms with Gasteiger partial charge in [0.15, 0.2) is 5.11 Å². The van der Waals surface area contributed by atoms with Gasteiger partial charge in [0.1, 0.15) is 5.82 Å². The van der Waals surface area contributed by atoms with Crippen molar-refractivity contribution in [3.63, 3.8) is 0 Å². The summed E-state index contributed by atoms with van der Waals surface area (Å²) < 4.78 is 19.1. The average molecular weight is 451 g/mol. The highest BCUT2D eigenvalue weighted by Gasteiger charge is 2.34. The molecule has 5 nitrogen and oxygen atoms in total. The fourth-order valence-corrected chi connectivity index (χ4v) is 4.22. The zero-order chi connectivity index (χ0) is 23.0. The first-order valence-corrected chi connectivity index (χ1v) is 11.1. The highest BCUT2D eigenvalue weighted by atomic mass is 32.1. The normalized spacial score (nSPS) is 16.7. The summed E-state index contributed by atoms with van der Waals surface area (Å²) in [5.74, 6) is 0.957.